The van der Waals surface area contributed by atoms with Crippen molar-refractivity contribution in [3.05, 3.63) is 35.8 Å². The lowest BCUT2D eigenvalue weighted by Gasteiger charge is -2.19. The Morgan fingerprint density at radius 2 is 1.96 bits per heavy atom. The fraction of sp³-hybridized carbons (Fsp3) is 0.389. The van der Waals surface area contributed by atoms with Gasteiger partial charge < -0.3 is 20.1 Å². The molecule has 1 aliphatic rings. The molecule has 0 radical (unpaired) electrons. The predicted octanol–water partition coefficient (Wildman–Crippen LogP) is 2.83. The van der Waals surface area contributed by atoms with Crippen LogP contribution in [-0.2, 0) is 0 Å². The van der Waals surface area contributed by atoms with E-state index in [1.165, 1.54) is 0 Å². The summed E-state index contributed by atoms with van der Waals surface area (Å²) in [6.07, 6.45) is 1.97. The molecule has 0 aliphatic carbocycles. The maximum atomic E-state index is 12.2. The third-order valence-corrected chi connectivity index (χ3v) is 3.70. The Labute approximate surface area is 146 Å². The molecule has 132 valence electrons. The maximum absolute atomic E-state index is 12.2. The summed E-state index contributed by atoms with van der Waals surface area (Å²) in [4.78, 5) is 20.8. The second-order valence-corrected chi connectivity index (χ2v) is 5.78. The number of amides is 1. The number of carbonyl (C=O) groups excluding carboxylic acids is 1. The quantitative estimate of drug-likeness (QED) is 0.785. The van der Waals surface area contributed by atoms with E-state index in [-0.39, 0.29) is 5.91 Å². The lowest BCUT2D eigenvalue weighted by molar-refractivity contribution is 0.0948. The molecule has 2 N–H and O–H groups in total. The van der Waals surface area contributed by atoms with Crippen molar-refractivity contribution in [1.29, 1.82) is 0 Å². The van der Waals surface area contributed by atoms with Gasteiger partial charge >= 0.3 is 0 Å². The number of hydrogen-bond donors (Lipinski definition) is 2. The van der Waals surface area contributed by atoms with E-state index in [9.17, 15) is 4.79 Å². The van der Waals surface area contributed by atoms with Gasteiger partial charge in [0.1, 0.15) is 30.5 Å². The average Bonchev–Trinajstić information content (AvgIpc) is 2.61. The van der Waals surface area contributed by atoms with Crippen molar-refractivity contribution in [3.63, 3.8) is 0 Å². The first-order valence-electron chi connectivity index (χ1n) is 8.46. The molecular weight excluding hydrogens is 320 g/mol. The number of nitrogens with one attached hydrogen (secondary N) is 2. The number of aromatic nitrogens is 2. The standard InChI is InChI=1S/C18H22N4O3/c1-3-4-7-19-18(23)14-11-17(21-12(2)20-14)22-13-5-6-15-16(10-13)25-9-8-24-15/h5-6,10-11H,3-4,7-9H2,1-2H3,(H,19,23)(H,20,21,22). The lowest BCUT2D eigenvalue weighted by Crippen LogP contribution is -2.25. The van der Waals surface area contributed by atoms with Gasteiger partial charge in [0.2, 0.25) is 0 Å². The second kappa shape index (κ2) is 7.83. The van der Waals surface area contributed by atoms with E-state index in [1.54, 1.807) is 13.0 Å². The predicted molar refractivity (Wildman–Crippen MR) is 94.7 cm³/mol. The second-order valence-electron chi connectivity index (χ2n) is 5.78. The molecule has 0 saturated heterocycles. The van der Waals surface area contributed by atoms with E-state index in [4.69, 9.17) is 9.47 Å². The molecule has 0 fully saturated rings. The van der Waals surface area contributed by atoms with Crippen LogP contribution in [0.4, 0.5) is 11.5 Å². The molecule has 2 aromatic rings. The largest absolute Gasteiger partial charge is 0.486 e. The van der Waals surface area contributed by atoms with Crippen molar-refractivity contribution in [2.24, 2.45) is 0 Å². The van der Waals surface area contributed by atoms with Crippen LogP contribution in [0.3, 0.4) is 0 Å². The Balaban J connectivity index is 1.75. The molecule has 1 aromatic heterocycles. The van der Waals surface area contributed by atoms with E-state index in [0.29, 0.717) is 42.8 Å². The van der Waals surface area contributed by atoms with Crippen LogP contribution in [0.5, 0.6) is 11.5 Å². The van der Waals surface area contributed by atoms with Gasteiger partial charge in [0.05, 0.1) is 0 Å². The molecule has 0 unspecified atom stereocenters. The summed E-state index contributed by atoms with van der Waals surface area (Å²) in [7, 11) is 0. The average molecular weight is 342 g/mol. The van der Waals surface area contributed by atoms with Crippen molar-refractivity contribution in [2.45, 2.75) is 26.7 Å². The smallest absolute Gasteiger partial charge is 0.270 e. The molecule has 1 aliphatic heterocycles. The zero-order chi connectivity index (χ0) is 17.6. The van der Waals surface area contributed by atoms with Gasteiger partial charge in [-0.25, -0.2) is 9.97 Å². The van der Waals surface area contributed by atoms with Crippen LogP contribution in [0.15, 0.2) is 24.3 Å². The van der Waals surface area contributed by atoms with Crippen LogP contribution in [0.2, 0.25) is 0 Å². The van der Waals surface area contributed by atoms with Crippen LogP contribution < -0.4 is 20.1 Å². The van der Waals surface area contributed by atoms with E-state index in [0.717, 1.165) is 24.3 Å². The lowest BCUT2D eigenvalue weighted by atomic mass is 10.2. The van der Waals surface area contributed by atoms with Crippen molar-refractivity contribution in [2.75, 3.05) is 25.1 Å². The normalized spacial score (nSPS) is 12.6. The molecule has 0 atom stereocenters. The summed E-state index contributed by atoms with van der Waals surface area (Å²) in [5.41, 5.74) is 1.16. The summed E-state index contributed by atoms with van der Waals surface area (Å²) in [5, 5.41) is 6.06. The van der Waals surface area contributed by atoms with Crippen molar-refractivity contribution in [1.82, 2.24) is 15.3 Å². The number of carbonyl (C=O) groups is 1. The fourth-order valence-electron chi connectivity index (χ4n) is 2.49. The first-order chi connectivity index (χ1) is 12.2. The Morgan fingerprint density at radius 1 is 1.16 bits per heavy atom. The first kappa shape index (κ1) is 17.0. The summed E-state index contributed by atoms with van der Waals surface area (Å²) >= 11 is 0. The first-order valence-corrected chi connectivity index (χ1v) is 8.46. The SMILES string of the molecule is CCCCNC(=O)c1cc(Nc2ccc3c(c2)OCCO3)nc(C)n1. The summed E-state index contributed by atoms with van der Waals surface area (Å²) in [6, 6.07) is 7.23. The Hall–Kier alpha value is -2.83. The van der Waals surface area contributed by atoms with Crippen LogP contribution in [-0.4, -0.2) is 35.6 Å². The Morgan fingerprint density at radius 3 is 2.76 bits per heavy atom. The zero-order valence-electron chi connectivity index (χ0n) is 14.5. The molecular formula is C18H22N4O3. The minimum atomic E-state index is -0.191. The topological polar surface area (TPSA) is 85.4 Å². The van der Waals surface area contributed by atoms with Gasteiger partial charge in [-0.3, -0.25) is 4.79 Å². The third kappa shape index (κ3) is 4.37. The van der Waals surface area contributed by atoms with E-state index in [2.05, 4.69) is 27.5 Å². The van der Waals surface area contributed by atoms with E-state index < -0.39 is 0 Å². The highest BCUT2D eigenvalue weighted by Crippen LogP contribution is 2.33. The molecule has 0 saturated carbocycles. The molecule has 7 nitrogen and oxygen atoms in total. The summed E-state index contributed by atoms with van der Waals surface area (Å²) in [5.74, 6) is 2.32. The van der Waals surface area contributed by atoms with Gasteiger partial charge in [-0.2, -0.15) is 0 Å². The van der Waals surface area contributed by atoms with E-state index >= 15 is 0 Å². The number of hydrogen-bond acceptors (Lipinski definition) is 6. The third-order valence-electron chi connectivity index (χ3n) is 3.70. The highest BCUT2D eigenvalue weighted by Gasteiger charge is 2.13. The number of rotatable bonds is 6. The minimum absolute atomic E-state index is 0.191. The van der Waals surface area contributed by atoms with Gasteiger partial charge in [-0.05, 0) is 25.5 Å². The number of ether oxygens (including phenoxy) is 2. The monoisotopic (exact) mass is 342 g/mol. The number of unbranched alkanes of at least 4 members (excludes halogenated alkanes) is 1. The van der Waals surface area contributed by atoms with Crippen LogP contribution in [0, 0.1) is 6.92 Å². The maximum Gasteiger partial charge on any atom is 0.270 e. The molecule has 0 bridgehead atoms. The minimum Gasteiger partial charge on any atom is -0.486 e. The van der Waals surface area contributed by atoms with Gasteiger partial charge in [0, 0.05) is 24.4 Å². The van der Waals surface area contributed by atoms with E-state index in [1.807, 2.05) is 18.2 Å². The zero-order valence-corrected chi connectivity index (χ0v) is 14.5. The van der Waals surface area contributed by atoms with Crippen LogP contribution in [0.25, 0.3) is 0 Å². The van der Waals surface area contributed by atoms with Crippen molar-refractivity contribution in [3.8, 4) is 11.5 Å². The number of benzene rings is 1. The Bertz CT molecular complexity index is 764. The molecule has 2 heterocycles. The van der Waals surface area contributed by atoms with Crippen molar-refractivity contribution < 1.29 is 14.3 Å². The highest BCUT2D eigenvalue weighted by molar-refractivity contribution is 5.93. The molecule has 1 aromatic carbocycles. The molecule has 0 spiro atoms. The summed E-state index contributed by atoms with van der Waals surface area (Å²) < 4.78 is 11.1. The van der Waals surface area contributed by atoms with Crippen LogP contribution in [0.1, 0.15) is 36.1 Å². The molecule has 3 rings (SSSR count). The van der Waals surface area contributed by atoms with Gasteiger partial charge in [-0.1, -0.05) is 13.3 Å². The molecule has 1 amide bonds. The van der Waals surface area contributed by atoms with Gasteiger partial charge in [0.15, 0.2) is 11.5 Å². The molecule has 7 heteroatoms. The van der Waals surface area contributed by atoms with Crippen molar-refractivity contribution >= 4 is 17.4 Å². The fourth-order valence-corrected chi connectivity index (χ4v) is 2.49. The Kier molecular flexibility index (Phi) is 5.33. The van der Waals surface area contributed by atoms with Crippen LogP contribution >= 0.6 is 0 Å². The number of nitrogens with zero attached hydrogens (tertiary/aromatic N) is 2. The number of anilines is 2. The van der Waals surface area contributed by atoms with Gasteiger partial charge in [0.25, 0.3) is 5.91 Å². The molecule has 25 heavy (non-hydrogen) atoms. The van der Waals surface area contributed by atoms with Gasteiger partial charge in [-0.15, -0.1) is 0 Å². The number of fused-ring (bicyclic) bond motifs is 1. The highest BCUT2D eigenvalue weighted by atomic mass is 16.6. The summed E-state index contributed by atoms with van der Waals surface area (Å²) in [6.45, 7) is 5.57. The number of aryl methyl sites for hydroxylation is 1.